The molecule has 0 bridgehead atoms. The Balaban J connectivity index is 0.00000267. The van der Waals surface area contributed by atoms with E-state index < -0.39 is 0 Å². The second kappa shape index (κ2) is 19.1. The first kappa shape index (κ1) is 36.9. The summed E-state index contributed by atoms with van der Waals surface area (Å²) >= 11 is 0. The van der Waals surface area contributed by atoms with Gasteiger partial charge in [0.25, 0.3) is 0 Å². The molecule has 0 aromatic heterocycles. The van der Waals surface area contributed by atoms with Crippen LogP contribution in [0.4, 0.5) is 0 Å². The summed E-state index contributed by atoms with van der Waals surface area (Å²) in [5, 5.41) is 0. The van der Waals surface area contributed by atoms with Crippen molar-refractivity contribution in [2.75, 3.05) is 0 Å². The van der Waals surface area contributed by atoms with E-state index in [1.807, 2.05) is 6.08 Å². The summed E-state index contributed by atoms with van der Waals surface area (Å²) in [4.78, 5) is 0. The number of allylic oxidation sites excluding steroid dienone is 6. The summed E-state index contributed by atoms with van der Waals surface area (Å²) in [6.07, 6.45) is 29.6. The van der Waals surface area contributed by atoms with Crippen molar-refractivity contribution in [3.63, 3.8) is 0 Å². The Morgan fingerprint density at radius 1 is 0.775 bits per heavy atom. The number of hydrogen-bond donors (Lipinski definition) is 0. The zero-order valence-electron chi connectivity index (χ0n) is 24.8. The third-order valence-electron chi connectivity index (χ3n) is 8.36. The van der Waals surface area contributed by atoms with Crippen LogP contribution >= 0.6 is 0 Å². The molecule has 40 heavy (non-hydrogen) atoms. The Bertz CT molecular complexity index is 1130. The van der Waals surface area contributed by atoms with E-state index in [2.05, 4.69) is 81.7 Å². The Labute approximate surface area is 276 Å². The molecule has 0 atom stereocenters. The Kier molecular flexibility index (Phi) is 17.6. The van der Waals surface area contributed by atoms with Crippen molar-refractivity contribution in [2.45, 2.75) is 109 Å². The first-order valence-corrected chi connectivity index (χ1v) is 15.0. The van der Waals surface area contributed by atoms with Crippen LogP contribution in [-0.4, -0.2) is 0 Å². The van der Waals surface area contributed by atoms with Crippen molar-refractivity contribution in [2.24, 2.45) is 0 Å². The molecule has 2 aliphatic rings. The average molecular weight is 655 g/mol. The van der Waals surface area contributed by atoms with Crippen LogP contribution in [0.3, 0.4) is 0 Å². The first-order chi connectivity index (χ1) is 18.1. The molecule has 2 aliphatic carbocycles. The minimum absolute atomic E-state index is 0. The molecule has 0 amide bonds. The van der Waals surface area contributed by atoms with Crippen molar-refractivity contribution in [3.8, 4) is 11.1 Å². The van der Waals surface area contributed by atoms with Gasteiger partial charge in [-0.3, -0.25) is 0 Å². The summed E-state index contributed by atoms with van der Waals surface area (Å²) in [6, 6.07) is 9.93. The fourth-order valence-electron chi connectivity index (χ4n) is 6.38. The van der Waals surface area contributed by atoms with Crippen LogP contribution in [0.25, 0.3) is 11.1 Å². The maximum Gasteiger partial charge on any atom is 2.00 e. The molecule has 0 unspecified atom stereocenters. The topological polar surface area (TPSA) is 0 Å². The number of halogens is 2. The molecule has 0 nitrogen and oxygen atoms in total. The predicted octanol–water partition coefficient (Wildman–Crippen LogP) is 4.95. The number of benzene rings is 2. The minimum Gasteiger partial charge on any atom is -1.00 e. The number of hydrogen-bond acceptors (Lipinski definition) is 0. The smallest absolute Gasteiger partial charge is 1.00 e. The fraction of sp³-hybridized carbons (Fsp3) is 0.459. The standard InChI is InChI=1S/C37H48.2ClH.Zr/c1-5-7-9-11-13-15-19-29-23-24-32-31(25-29)26-36-35(32)27-34(28(3)4)33(22-16-14-12-10-8-6-2)37(36)30-20-17-18-21-30;;;/h5-6,17-18,20-21,23-25,27-28,30H,1-2,7-16,19,22,26H2,3-4H3;2*1H;/q;;;+2/p-2. The summed E-state index contributed by atoms with van der Waals surface area (Å²) < 4.78 is 0. The molecule has 3 heteroatoms. The molecule has 214 valence electrons. The molecule has 0 N–H and O–H groups in total. The van der Waals surface area contributed by atoms with Crippen LogP contribution in [0.5, 0.6) is 0 Å². The number of rotatable bonds is 16. The maximum absolute atomic E-state index is 3.88. The van der Waals surface area contributed by atoms with Gasteiger partial charge < -0.3 is 24.8 Å². The molecule has 0 heterocycles. The van der Waals surface area contributed by atoms with E-state index in [-0.39, 0.29) is 51.0 Å². The van der Waals surface area contributed by atoms with E-state index in [0.29, 0.717) is 11.8 Å². The van der Waals surface area contributed by atoms with Crippen molar-refractivity contribution in [1.29, 1.82) is 0 Å². The van der Waals surface area contributed by atoms with Crippen LogP contribution in [0.2, 0.25) is 0 Å². The average Bonchev–Trinajstić information content (AvgIpc) is 3.55. The van der Waals surface area contributed by atoms with Gasteiger partial charge in [0.1, 0.15) is 0 Å². The van der Waals surface area contributed by atoms with Gasteiger partial charge in [-0.05, 0) is 108 Å². The van der Waals surface area contributed by atoms with E-state index in [9.17, 15) is 0 Å². The third kappa shape index (κ3) is 9.44. The van der Waals surface area contributed by atoms with E-state index in [1.54, 1.807) is 27.8 Å². The van der Waals surface area contributed by atoms with Crippen molar-refractivity contribution in [3.05, 3.63) is 107 Å². The summed E-state index contributed by atoms with van der Waals surface area (Å²) in [5.41, 5.74) is 12.5. The molecule has 0 spiro atoms. The normalized spacial score (nSPS) is 12.9. The van der Waals surface area contributed by atoms with Gasteiger partial charge in [0.2, 0.25) is 0 Å². The van der Waals surface area contributed by atoms with Crippen molar-refractivity contribution >= 4 is 0 Å². The second-order valence-corrected chi connectivity index (χ2v) is 11.5. The molecule has 2 aromatic carbocycles. The van der Waals surface area contributed by atoms with Gasteiger partial charge in [0, 0.05) is 5.92 Å². The number of fused-ring (bicyclic) bond motifs is 3. The summed E-state index contributed by atoms with van der Waals surface area (Å²) in [5.74, 6) is 0.964. The van der Waals surface area contributed by atoms with E-state index in [0.717, 1.165) is 19.3 Å². The van der Waals surface area contributed by atoms with Crippen LogP contribution in [0, 0.1) is 0 Å². The van der Waals surface area contributed by atoms with E-state index in [4.69, 9.17) is 0 Å². The van der Waals surface area contributed by atoms with Gasteiger partial charge in [-0.2, -0.15) is 0 Å². The summed E-state index contributed by atoms with van der Waals surface area (Å²) in [6.45, 7) is 12.5. The number of aryl methyl sites for hydroxylation is 1. The Morgan fingerprint density at radius 3 is 1.98 bits per heavy atom. The molecule has 0 radical (unpaired) electrons. The van der Waals surface area contributed by atoms with Crippen molar-refractivity contribution < 1.29 is 51.0 Å². The Hall–Kier alpha value is -1.14. The fourth-order valence-corrected chi connectivity index (χ4v) is 6.38. The molecule has 0 fully saturated rings. The molecular weight excluding hydrogens is 607 g/mol. The summed E-state index contributed by atoms with van der Waals surface area (Å²) in [7, 11) is 0. The van der Waals surface area contributed by atoms with Gasteiger partial charge in [-0.15, -0.1) is 13.2 Å². The molecule has 0 saturated heterocycles. The van der Waals surface area contributed by atoms with Gasteiger partial charge >= 0.3 is 26.2 Å². The van der Waals surface area contributed by atoms with Crippen LogP contribution in [-0.2, 0) is 45.5 Å². The zero-order chi connectivity index (χ0) is 26.0. The molecule has 2 aromatic rings. The van der Waals surface area contributed by atoms with Crippen LogP contribution in [0.15, 0.2) is 73.9 Å². The largest absolute Gasteiger partial charge is 2.00 e. The Morgan fingerprint density at radius 2 is 1.38 bits per heavy atom. The van der Waals surface area contributed by atoms with Gasteiger partial charge in [0.15, 0.2) is 0 Å². The van der Waals surface area contributed by atoms with Crippen LogP contribution in [0.1, 0.15) is 123 Å². The van der Waals surface area contributed by atoms with Gasteiger partial charge in [0.05, 0.1) is 0 Å². The quantitative estimate of drug-likeness (QED) is 0.152. The second-order valence-electron chi connectivity index (χ2n) is 11.5. The SMILES string of the molecule is C=CCCCCCCc1ccc2c(c1)Cc1c-2cc(C(C)C)c(CCCCCCC=C)c1C1C=CC=C1.[Cl-].[Cl-].[Zr+2]. The molecule has 0 aliphatic heterocycles. The van der Waals surface area contributed by atoms with Crippen LogP contribution < -0.4 is 24.8 Å². The van der Waals surface area contributed by atoms with E-state index in [1.165, 1.54) is 80.9 Å². The number of unbranched alkanes of at least 4 members (excludes halogenated alkanes) is 8. The monoisotopic (exact) mass is 652 g/mol. The van der Waals surface area contributed by atoms with Crippen molar-refractivity contribution in [1.82, 2.24) is 0 Å². The minimum atomic E-state index is 0. The first-order valence-electron chi connectivity index (χ1n) is 15.0. The third-order valence-corrected chi connectivity index (χ3v) is 8.36. The van der Waals surface area contributed by atoms with Gasteiger partial charge in [-0.1, -0.05) is 100 Å². The predicted molar refractivity (Wildman–Crippen MR) is 164 cm³/mol. The van der Waals surface area contributed by atoms with E-state index >= 15 is 0 Å². The zero-order valence-corrected chi connectivity index (χ0v) is 28.8. The molecule has 4 rings (SSSR count). The van der Waals surface area contributed by atoms with Gasteiger partial charge in [-0.25, -0.2) is 0 Å². The molecular formula is C37H48Cl2Zr. The maximum atomic E-state index is 3.88. The molecule has 0 saturated carbocycles.